The third kappa shape index (κ3) is 5.00. The van der Waals surface area contributed by atoms with Gasteiger partial charge in [0.2, 0.25) is 0 Å². The van der Waals surface area contributed by atoms with Crippen LogP contribution in [-0.4, -0.2) is 36.3 Å². The van der Waals surface area contributed by atoms with Gasteiger partial charge in [0.15, 0.2) is 5.78 Å². The maximum Gasteiger partial charge on any atom is 0.254 e. The predicted octanol–water partition coefficient (Wildman–Crippen LogP) is 4.71. The molecule has 170 valence electrons. The van der Waals surface area contributed by atoms with E-state index in [9.17, 15) is 9.59 Å². The first-order valence-corrected chi connectivity index (χ1v) is 10.9. The number of carbonyl (C=O) groups is 2. The summed E-state index contributed by atoms with van der Waals surface area (Å²) < 4.78 is 10.7. The summed E-state index contributed by atoms with van der Waals surface area (Å²) in [5.41, 5.74) is 3.75. The van der Waals surface area contributed by atoms with E-state index in [4.69, 9.17) is 9.15 Å². The lowest BCUT2D eigenvalue weighted by molar-refractivity contribution is 0.0775. The first kappa shape index (κ1) is 22.4. The highest BCUT2D eigenvalue weighted by molar-refractivity contribution is 6.09. The fourth-order valence-electron chi connectivity index (χ4n) is 4.07. The summed E-state index contributed by atoms with van der Waals surface area (Å²) in [6.07, 6.45) is 4.05. The molecule has 0 spiro atoms. The molecule has 0 bridgehead atoms. The van der Waals surface area contributed by atoms with Gasteiger partial charge >= 0.3 is 0 Å². The number of hydrogen-bond donors (Lipinski definition) is 1. The molecule has 0 radical (unpaired) electrons. The van der Waals surface area contributed by atoms with Gasteiger partial charge in [-0.1, -0.05) is 18.2 Å². The van der Waals surface area contributed by atoms with Crippen molar-refractivity contribution >= 4 is 17.4 Å². The third-order valence-electron chi connectivity index (χ3n) is 5.72. The maximum atomic E-state index is 13.1. The largest absolute Gasteiger partial charge is 0.497 e. The molecule has 3 aromatic rings. The van der Waals surface area contributed by atoms with E-state index in [1.54, 1.807) is 61.7 Å². The Morgan fingerprint density at radius 3 is 2.52 bits per heavy atom. The summed E-state index contributed by atoms with van der Waals surface area (Å²) in [6, 6.07) is 16.3. The fraction of sp³-hybridized carbons (Fsp3) is 0.259. The fourth-order valence-corrected chi connectivity index (χ4v) is 4.07. The number of rotatable bonds is 6. The van der Waals surface area contributed by atoms with Crippen LogP contribution in [0.15, 0.2) is 71.4 Å². The van der Waals surface area contributed by atoms with Gasteiger partial charge in [-0.15, -0.1) is 0 Å². The predicted molar refractivity (Wildman–Crippen MR) is 127 cm³/mol. The Bertz CT molecular complexity index is 1190. The lowest BCUT2D eigenvalue weighted by Crippen LogP contribution is -2.43. The van der Waals surface area contributed by atoms with Crippen LogP contribution in [0.2, 0.25) is 0 Å². The molecule has 6 nitrogen and oxygen atoms in total. The molecule has 0 unspecified atom stereocenters. The van der Waals surface area contributed by atoms with Crippen LogP contribution in [0.5, 0.6) is 5.75 Å². The van der Waals surface area contributed by atoms with E-state index in [1.165, 1.54) is 5.56 Å². The van der Waals surface area contributed by atoms with Gasteiger partial charge in [0, 0.05) is 41.1 Å². The first-order chi connectivity index (χ1) is 15.8. The molecule has 2 aromatic carbocycles. The lowest BCUT2D eigenvalue weighted by Gasteiger charge is -2.35. The summed E-state index contributed by atoms with van der Waals surface area (Å²) in [6.45, 7) is 4.60. The van der Waals surface area contributed by atoms with Gasteiger partial charge in [-0.3, -0.25) is 9.59 Å². The van der Waals surface area contributed by atoms with Crippen molar-refractivity contribution in [3.63, 3.8) is 0 Å². The molecule has 0 fully saturated rings. The van der Waals surface area contributed by atoms with Crippen LogP contribution in [0.1, 0.15) is 51.5 Å². The first-order valence-electron chi connectivity index (χ1n) is 10.9. The smallest absolute Gasteiger partial charge is 0.254 e. The summed E-state index contributed by atoms with van der Waals surface area (Å²) in [5.74, 6) is 1.19. The van der Waals surface area contributed by atoms with Gasteiger partial charge in [0.1, 0.15) is 11.5 Å². The van der Waals surface area contributed by atoms with Crippen molar-refractivity contribution in [1.82, 2.24) is 10.2 Å². The van der Waals surface area contributed by atoms with Crippen molar-refractivity contribution in [3.05, 3.63) is 95.0 Å². The number of benzene rings is 2. The second-order valence-corrected chi connectivity index (χ2v) is 8.95. The molecule has 0 aliphatic carbocycles. The zero-order valence-electron chi connectivity index (χ0n) is 19.3. The number of furan rings is 1. The van der Waals surface area contributed by atoms with Crippen LogP contribution in [0.3, 0.4) is 0 Å². The third-order valence-corrected chi connectivity index (χ3v) is 5.72. The monoisotopic (exact) mass is 444 g/mol. The van der Waals surface area contributed by atoms with Crippen molar-refractivity contribution in [2.45, 2.75) is 32.4 Å². The Labute approximate surface area is 193 Å². The Balaban J connectivity index is 1.54. The summed E-state index contributed by atoms with van der Waals surface area (Å²) in [5, 5.41) is 3.48. The molecular weight excluding hydrogens is 416 g/mol. The Kier molecular flexibility index (Phi) is 6.09. The lowest BCUT2D eigenvalue weighted by atomic mass is 9.85. The van der Waals surface area contributed by atoms with Crippen LogP contribution in [0, 0.1) is 0 Å². The highest BCUT2D eigenvalue weighted by atomic mass is 16.5. The number of ether oxygens (including phenoxy) is 1. The molecule has 0 atom stereocenters. The van der Waals surface area contributed by atoms with Crippen LogP contribution < -0.4 is 10.1 Å². The molecule has 1 aliphatic rings. The Morgan fingerprint density at radius 2 is 1.85 bits per heavy atom. The molecule has 6 heteroatoms. The molecule has 2 heterocycles. The molecular formula is C27H28N2O4. The molecule has 4 rings (SSSR count). The van der Waals surface area contributed by atoms with Crippen molar-refractivity contribution in [2.75, 3.05) is 14.2 Å². The van der Waals surface area contributed by atoms with E-state index in [0.29, 0.717) is 23.4 Å². The van der Waals surface area contributed by atoms with E-state index >= 15 is 0 Å². The summed E-state index contributed by atoms with van der Waals surface area (Å²) >= 11 is 0. The minimum Gasteiger partial charge on any atom is -0.497 e. The van der Waals surface area contributed by atoms with E-state index in [-0.39, 0.29) is 17.2 Å². The van der Waals surface area contributed by atoms with Crippen LogP contribution in [0.4, 0.5) is 0 Å². The topological polar surface area (TPSA) is 71.8 Å². The van der Waals surface area contributed by atoms with Crippen LogP contribution in [0.25, 0.3) is 5.70 Å². The summed E-state index contributed by atoms with van der Waals surface area (Å²) in [4.78, 5) is 27.3. The number of allylic oxidation sites excluding steroid dienone is 1. The van der Waals surface area contributed by atoms with Gasteiger partial charge < -0.3 is 19.4 Å². The van der Waals surface area contributed by atoms with Crippen molar-refractivity contribution < 1.29 is 18.7 Å². The van der Waals surface area contributed by atoms with Gasteiger partial charge in [-0.25, -0.2) is 0 Å². The number of nitrogens with zero attached hydrogens (tertiary/aromatic N) is 1. The van der Waals surface area contributed by atoms with Crippen LogP contribution in [-0.2, 0) is 13.0 Å². The number of ketones is 1. The zero-order chi connectivity index (χ0) is 23.6. The number of carbonyl (C=O) groups excluding carboxylic acids is 2. The molecule has 0 saturated carbocycles. The average molecular weight is 445 g/mol. The maximum absolute atomic E-state index is 13.1. The van der Waals surface area contributed by atoms with Gasteiger partial charge in [0.25, 0.3) is 5.91 Å². The minimum atomic E-state index is -0.178. The summed E-state index contributed by atoms with van der Waals surface area (Å²) in [7, 11) is 3.35. The second-order valence-electron chi connectivity index (χ2n) is 8.95. The molecule has 33 heavy (non-hydrogen) atoms. The second kappa shape index (κ2) is 8.98. The van der Waals surface area contributed by atoms with E-state index in [2.05, 4.69) is 25.2 Å². The van der Waals surface area contributed by atoms with Crippen molar-refractivity contribution in [2.24, 2.45) is 0 Å². The molecule has 1 N–H and O–H groups in total. The highest BCUT2D eigenvalue weighted by Crippen LogP contribution is 2.32. The highest BCUT2D eigenvalue weighted by Gasteiger charge is 2.28. The average Bonchev–Trinajstić information content (AvgIpc) is 3.30. The number of methoxy groups -OCH3 is 1. The molecule has 0 saturated heterocycles. The van der Waals surface area contributed by atoms with E-state index < -0.39 is 0 Å². The zero-order valence-corrected chi connectivity index (χ0v) is 19.3. The van der Waals surface area contributed by atoms with Crippen molar-refractivity contribution in [1.29, 1.82) is 0 Å². The normalized spacial score (nSPS) is 15.5. The number of nitrogens with one attached hydrogen (secondary N) is 1. The molecule has 1 aromatic heterocycles. The SMILES string of the molecule is COc1ccc2c(c1)C(=CC(=O)c1ccc(C(=O)N(C)Cc3ccco3)cc1)NC(C)(C)C2. The van der Waals surface area contributed by atoms with Gasteiger partial charge in [-0.05, 0) is 62.2 Å². The van der Waals surface area contributed by atoms with Crippen LogP contribution >= 0.6 is 0 Å². The van der Waals surface area contributed by atoms with Crippen molar-refractivity contribution in [3.8, 4) is 5.75 Å². The minimum absolute atomic E-state index is 0.132. The van der Waals surface area contributed by atoms with E-state index in [1.807, 2.05) is 18.2 Å². The Hall–Kier alpha value is -3.80. The standard InChI is InChI=1S/C27H28N2O4/c1-27(2)16-20-11-12-21(32-4)14-23(20)24(28-27)15-25(30)18-7-9-19(10-8-18)26(31)29(3)17-22-6-5-13-33-22/h5-15,28H,16-17H2,1-4H3. The molecule has 1 amide bonds. The number of fused-ring (bicyclic) bond motifs is 1. The quantitative estimate of drug-likeness (QED) is 0.440. The molecule has 1 aliphatic heterocycles. The number of hydrogen-bond acceptors (Lipinski definition) is 5. The van der Waals surface area contributed by atoms with E-state index in [0.717, 1.165) is 23.4 Å². The van der Waals surface area contributed by atoms with Gasteiger partial charge in [0.05, 0.1) is 19.9 Å². The number of amides is 1. The van der Waals surface area contributed by atoms with Gasteiger partial charge in [-0.2, -0.15) is 0 Å². The Morgan fingerprint density at radius 1 is 1.12 bits per heavy atom.